The summed E-state index contributed by atoms with van der Waals surface area (Å²) in [7, 11) is 0. The largest absolute Gasteiger partial charge is 0.419 e. The van der Waals surface area contributed by atoms with E-state index in [9.17, 15) is 4.79 Å². The fraction of sp³-hybridized carbons (Fsp3) is 0.500. The molecule has 6 heteroatoms. The number of carbonyl (C=O) groups excluding carboxylic acids is 1. The standard InChI is InChI=1S/C24H28N4O2/c29-21(12-11-17-6-1-2-7-17)28-15-5-9-19(16-28)23-26-27-24(30-23)22-20-10-4-3-8-18(20)13-14-25-22/h3-4,8,10,13-14,17,19H,1-2,5-7,9,11-12,15-16H2. The number of nitrogens with zero attached hydrogens (tertiary/aromatic N) is 4. The number of carbonyl (C=O) groups is 1. The highest BCUT2D eigenvalue weighted by Gasteiger charge is 2.29. The second kappa shape index (κ2) is 8.54. The van der Waals surface area contributed by atoms with Crippen molar-refractivity contribution in [3.05, 3.63) is 42.4 Å². The Bertz CT molecular complexity index is 1020. The van der Waals surface area contributed by atoms with Gasteiger partial charge in [0.15, 0.2) is 0 Å². The van der Waals surface area contributed by atoms with Crippen molar-refractivity contribution < 1.29 is 9.21 Å². The molecule has 1 aromatic carbocycles. The van der Waals surface area contributed by atoms with E-state index in [1.165, 1.54) is 25.7 Å². The van der Waals surface area contributed by atoms with Gasteiger partial charge in [0.25, 0.3) is 5.89 Å². The predicted molar refractivity (Wildman–Crippen MR) is 115 cm³/mol. The highest BCUT2D eigenvalue weighted by atomic mass is 16.4. The number of likely N-dealkylation sites (tertiary alicyclic amines) is 1. The molecular weight excluding hydrogens is 376 g/mol. The SMILES string of the molecule is O=C(CCC1CCCC1)N1CCCC(c2nnc(-c3nccc4ccccc34)o2)C1. The van der Waals surface area contributed by atoms with Gasteiger partial charge in [-0.25, -0.2) is 0 Å². The molecule has 156 valence electrons. The maximum absolute atomic E-state index is 12.8. The molecule has 1 aliphatic carbocycles. The van der Waals surface area contributed by atoms with E-state index in [1.54, 1.807) is 6.20 Å². The van der Waals surface area contributed by atoms with Crippen molar-refractivity contribution in [2.45, 2.75) is 57.3 Å². The molecule has 0 spiro atoms. The molecule has 2 aliphatic rings. The van der Waals surface area contributed by atoms with Crippen LogP contribution in [0.2, 0.25) is 0 Å². The molecule has 1 aliphatic heterocycles. The zero-order chi connectivity index (χ0) is 20.3. The molecule has 0 bridgehead atoms. The molecule has 5 rings (SSSR count). The summed E-state index contributed by atoms with van der Waals surface area (Å²) in [5, 5.41) is 10.7. The van der Waals surface area contributed by atoms with Gasteiger partial charge in [-0.1, -0.05) is 49.9 Å². The van der Waals surface area contributed by atoms with Gasteiger partial charge < -0.3 is 9.32 Å². The Labute approximate surface area is 176 Å². The number of fused-ring (bicyclic) bond motifs is 1. The van der Waals surface area contributed by atoms with Gasteiger partial charge >= 0.3 is 0 Å². The predicted octanol–water partition coefficient (Wildman–Crippen LogP) is 4.96. The van der Waals surface area contributed by atoms with E-state index in [2.05, 4.69) is 15.2 Å². The first kappa shape index (κ1) is 19.2. The first-order valence-electron chi connectivity index (χ1n) is 11.2. The van der Waals surface area contributed by atoms with Gasteiger partial charge in [0.2, 0.25) is 11.8 Å². The number of hydrogen-bond acceptors (Lipinski definition) is 5. The Morgan fingerprint density at radius 3 is 2.83 bits per heavy atom. The molecule has 0 N–H and O–H groups in total. The van der Waals surface area contributed by atoms with E-state index >= 15 is 0 Å². The van der Waals surface area contributed by atoms with Crippen molar-refractivity contribution in [2.75, 3.05) is 13.1 Å². The van der Waals surface area contributed by atoms with E-state index in [1.807, 2.05) is 35.2 Å². The number of piperidine rings is 1. The second-order valence-corrected chi connectivity index (χ2v) is 8.69. The highest BCUT2D eigenvalue weighted by molar-refractivity contribution is 5.92. The minimum absolute atomic E-state index is 0.102. The Hall–Kier alpha value is -2.76. The van der Waals surface area contributed by atoms with Crippen LogP contribution in [0, 0.1) is 5.92 Å². The number of rotatable bonds is 5. The Morgan fingerprint density at radius 2 is 1.93 bits per heavy atom. The normalized spacial score (nSPS) is 20.1. The summed E-state index contributed by atoms with van der Waals surface area (Å²) in [5.41, 5.74) is 0.715. The molecule has 1 unspecified atom stereocenters. The molecule has 3 aromatic rings. The van der Waals surface area contributed by atoms with Crippen LogP contribution in [0.3, 0.4) is 0 Å². The first-order valence-corrected chi connectivity index (χ1v) is 11.2. The molecule has 1 saturated carbocycles. The van der Waals surface area contributed by atoms with E-state index in [-0.39, 0.29) is 11.8 Å². The van der Waals surface area contributed by atoms with Crippen molar-refractivity contribution in [1.29, 1.82) is 0 Å². The summed E-state index contributed by atoms with van der Waals surface area (Å²) >= 11 is 0. The van der Waals surface area contributed by atoms with Crippen molar-refractivity contribution in [2.24, 2.45) is 5.92 Å². The third-order valence-electron chi connectivity index (χ3n) is 6.68. The van der Waals surface area contributed by atoms with Crippen molar-refractivity contribution in [3.8, 4) is 11.6 Å². The van der Waals surface area contributed by atoms with Gasteiger partial charge in [0.1, 0.15) is 5.69 Å². The lowest BCUT2D eigenvalue weighted by Gasteiger charge is -2.31. The van der Waals surface area contributed by atoms with Gasteiger partial charge in [-0.05, 0) is 36.6 Å². The van der Waals surface area contributed by atoms with Gasteiger partial charge in [0.05, 0.1) is 5.92 Å². The van der Waals surface area contributed by atoms with Gasteiger partial charge in [-0.15, -0.1) is 10.2 Å². The number of hydrogen-bond donors (Lipinski definition) is 0. The minimum atomic E-state index is 0.102. The Balaban J connectivity index is 1.28. The maximum Gasteiger partial charge on any atom is 0.266 e. The summed E-state index contributed by atoms with van der Waals surface area (Å²) in [6.45, 7) is 1.51. The topological polar surface area (TPSA) is 72.1 Å². The van der Waals surface area contributed by atoms with E-state index in [0.29, 0.717) is 30.4 Å². The lowest BCUT2D eigenvalue weighted by Crippen LogP contribution is -2.39. The molecular formula is C24H28N4O2. The molecule has 1 amide bonds. The molecule has 1 atom stereocenters. The number of benzene rings is 1. The third kappa shape index (κ3) is 3.95. The Morgan fingerprint density at radius 1 is 1.07 bits per heavy atom. The van der Waals surface area contributed by atoms with Crippen molar-refractivity contribution in [1.82, 2.24) is 20.1 Å². The van der Waals surface area contributed by atoms with Crippen LogP contribution in [0.5, 0.6) is 0 Å². The zero-order valence-corrected chi connectivity index (χ0v) is 17.3. The van der Waals surface area contributed by atoms with Gasteiger partial charge in [-0.3, -0.25) is 9.78 Å². The molecule has 6 nitrogen and oxygen atoms in total. The summed E-state index contributed by atoms with van der Waals surface area (Å²) < 4.78 is 6.06. The highest BCUT2D eigenvalue weighted by Crippen LogP contribution is 2.32. The average molecular weight is 405 g/mol. The number of pyridine rings is 1. The summed E-state index contributed by atoms with van der Waals surface area (Å²) in [4.78, 5) is 19.2. The van der Waals surface area contributed by atoms with Crippen LogP contribution in [0.15, 0.2) is 40.9 Å². The average Bonchev–Trinajstić information content (AvgIpc) is 3.49. The van der Waals surface area contributed by atoms with Crippen LogP contribution in [-0.4, -0.2) is 39.1 Å². The maximum atomic E-state index is 12.8. The van der Waals surface area contributed by atoms with Crippen LogP contribution in [-0.2, 0) is 4.79 Å². The van der Waals surface area contributed by atoms with Crippen LogP contribution in [0.1, 0.15) is 63.2 Å². The third-order valence-corrected chi connectivity index (χ3v) is 6.68. The van der Waals surface area contributed by atoms with Crippen LogP contribution in [0.25, 0.3) is 22.4 Å². The second-order valence-electron chi connectivity index (χ2n) is 8.69. The lowest BCUT2D eigenvalue weighted by molar-refractivity contribution is -0.132. The smallest absolute Gasteiger partial charge is 0.266 e. The van der Waals surface area contributed by atoms with Crippen molar-refractivity contribution in [3.63, 3.8) is 0 Å². The zero-order valence-electron chi connectivity index (χ0n) is 17.3. The summed E-state index contributed by atoms with van der Waals surface area (Å²) in [6.07, 6.45) is 10.7. The van der Waals surface area contributed by atoms with E-state index < -0.39 is 0 Å². The molecule has 3 heterocycles. The fourth-order valence-electron chi connectivity index (χ4n) is 4.98. The molecule has 0 radical (unpaired) electrons. The monoisotopic (exact) mass is 404 g/mol. The van der Waals surface area contributed by atoms with E-state index in [4.69, 9.17) is 4.42 Å². The summed E-state index contributed by atoms with van der Waals surface area (Å²) in [6, 6.07) is 10.0. The van der Waals surface area contributed by atoms with Crippen LogP contribution in [0.4, 0.5) is 0 Å². The minimum Gasteiger partial charge on any atom is -0.419 e. The van der Waals surface area contributed by atoms with Crippen molar-refractivity contribution >= 4 is 16.7 Å². The van der Waals surface area contributed by atoms with Crippen LogP contribution >= 0.6 is 0 Å². The number of aromatic nitrogens is 3. The number of amides is 1. The first-order chi connectivity index (χ1) is 14.8. The molecule has 30 heavy (non-hydrogen) atoms. The van der Waals surface area contributed by atoms with Gasteiger partial charge in [-0.2, -0.15) is 0 Å². The van der Waals surface area contributed by atoms with Crippen LogP contribution < -0.4 is 0 Å². The fourth-order valence-corrected chi connectivity index (χ4v) is 4.98. The van der Waals surface area contributed by atoms with Gasteiger partial charge in [0, 0.05) is 31.1 Å². The quantitative estimate of drug-likeness (QED) is 0.601. The summed E-state index contributed by atoms with van der Waals surface area (Å²) in [5.74, 6) is 2.20. The molecule has 2 fully saturated rings. The molecule has 1 saturated heterocycles. The van der Waals surface area contributed by atoms with E-state index in [0.717, 1.165) is 42.5 Å². The Kier molecular flexibility index (Phi) is 5.47. The lowest BCUT2D eigenvalue weighted by atomic mass is 9.96. The molecule has 2 aromatic heterocycles.